The monoisotopic (exact) mass is 464 g/mol. The zero-order valence-corrected chi connectivity index (χ0v) is 14.6. The van der Waals surface area contributed by atoms with Crippen molar-refractivity contribution >= 4 is 27.3 Å². The van der Waals surface area contributed by atoms with Gasteiger partial charge in [0.05, 0.1) is 0 Å². The van der Waals surface area contributed by atoms with Gasteiger partial charge in [-0.1, -0.05) is 0 Å². The van der Waals surface area contributed by atoms with Crippen LogP contribution in [0.3, 0.4) is 0 Å². The minimum absolute atomic E-state index is 0. The van der Waals surface area contributed by atoms with Crippen LogP contribution in [0.2, 0.25) is 0 Å². The Balaban J connectivity index is -0.0000000300. The molecule has 0 aromatic carbocycles. The number of hydrogen-bond acceptors (Lipinski definition) is 6. The molecule has 0 saturated heterocycles. The molecule has 0 aromatic rings. The van der Waals surface area contributed by atoms with Gasteiger partial charge in [-0.3, -0.25) is 0 Å². The summed E-state index contributed by atoms with van der Waals surface area (Å²) in [6.07, 6.45) is 0. The summed E-state index contributed by atoms with van der Waals surface area (Å²) < 4.78 is 51.5. The van der Waals surface area contributed by atoms with E-state index in [1.165, 1.54) is 0 Å². The predicted octanol–water partition coefficient (Wildman–Crippen LogP) is -5.38. The molecule has 0 rings (SSSR count). The summed E-state index contributed by atoms with van der Waals surface area (Å²) in [5.74, 6) is 0. The van der Waals surface area contributed by atoms with Gasteiger partial charge in [0.25, 0.3) is 0 Å². The van der Waals surface area contributed by atoms with Crippen LogP contribution >= 0.6 is 0 Å². The Morgan fingerprint density at radius 3 is 0.800 bits per heavy atom. The van der Waals surface area contributed by atoms with Gasteiger partial charge >= 0.3 is 105 Å². The summed E-state index contributed by atoms with van der Waals surface area (Å²) in [5, 5.41) is 0. The first-order valence-electron chi connectivity index (χ1n) is 1.22. The van der Waals surface area contributed by atoms with Crippen LogP contribution in [0.4, 0.5) is 0 Å². The summed E-state index contributed by atoms with van der Waals surface area (Å²) in [6.45, 7) is 0. The van der Waals surface area contributed by atoms with Crippen molar-refractivity contribution in [3.63, 3.8) is 0 Å². The number of hydrogen-bond donors (Lipinski definition) is 0. The Morgan fingerprint density at radius 2 is 0.800 bits per heavy atom. The molecular weight excluding hydrogens is 464 g/mol. The van der Waals surface area contributed by atoms with Gasteiger partial charge in [0, 0.05) is 0 Å². The van der Waals surface area contributed by atoms with Crippen molar-refractivity contribution in [2.75, 3.05) is 0 Å². The fourth-order valence-electron chi connectivity index (χ4n) is 0. The van der Waals surface area contributed by atoms with Crippen molar-refractivity contribution in [3.05, 3.63) is 0 Å². The Hall–Kier alpha value is 2.41. The average molecular weight is 464 g/mol. The molecule has 2 radical (unpaired) electrons. The first-order valence-corrected chi connectivity index (χ1v) is 5.05. The molecule has 10 heavy (non-hydrogen) atoms. The summed E-state index contributed by atoms with van der Waals surface area (Å²) in [6, 6.07) is 0. The minimum Gasteiger partial charge on any atom is 2.00 e. The van der Waals surface area contributed by atoms with Gasteiger partial charge in [-0.15, -0.1) is 0 Å². The van der Waals surface area contributed by atoms with Gasteiger partial charge < -0.3 is 0 Å². The summed E-state index contributed by atoms with van der Waals surface area (Å²) >= 11 is -8.17. The van der Waals surface area contributed by atoms with Crippen LogP contribution in [0.5, 0.6) is 0 Å². The van der Waals surface area contributed by atoms with Crippen LogP contribution in [0.15, 0.2) is 0 Å². The van der Waals surface area contributed by atoms with E-state index in [0.29, 0.717) is 0 Å². The van der Waals surface area contributed by atoms with E-state index in [9.17, 15) is 0 Å². The first-order chi connectivity index (χ1) is 3.46. The molecule has 0 amide bonds. The molecule has 50 valence electrons. The molecule has 0 aliphatic rings. The molecule has 0 heterocycles. The van der Waals surface area contributed by atoms with Crippen molar-refractivity contribution in [2.24, 2.45) is 0 Å². The Morgan fingerprint density at radius 1 is 0.800 bits per heavy atom. The molecule has 0 aliphatic carbocycles. The zero-order chi connectivity index (χ0) is 7.15. The molecule has 0 atom stereocenters. The summed E-state index contributed by atoms with van der Waals surface area (Å²) in [4.78, 5) is 0. The van der Waals surface area contributed by atoms with Gasteiger partial charge in [-0.05, 0) is 0 Å². The minimum atomic E-state index is -4.08. The second-order valence-corrected chi connectivity index (χ2v) is 2.06. The van der Waals surface area contributed by atoms with Crippen LogP contribution in [0.25, 0.3) is 0 Å². The SMILES string of the molecule is [O]=[Ti]([O-])[O-].[O]=[Ti]([O-])[O-].[Pb+2].[Zn+2]. The molecule has 0 bridgehead atoms. The number of rotatable bonds is 0. The third-order valence-corrected chi connectivity index (χ3v) is 0. The van der Waals surface area contributed by atoms with Gasteiger partial charge in [0.1, 0.15) is 0 Å². The molecule has 0 N–H and O–H groups in total. The normalized spacial score (nSPS) is 5.20. The van der Waals surface area contributed by atoms with E-state index < -0.39 is 37.2 Å². The van der Waals surface area contributed by atoms with Crippen LogP contribution in [0, 0.1) is 0 Å². The van der Waals surface area contributed by atoms with E-state index in [2.05, 4.69) is 0 Å². The fourth-order valence-corrected chi connectivity index (χ4v) is 0. The van der Waals surface area contributed by atoms with Gasteiger partial charge in [-0.25, -0.2) is 0 Å². The predicted molar refractivity (Wildman–Crippen MR) is 7.13 cm³/mol. The average Bonchev–Trinajstić information content (AvgIpc) is 1.25. The largest absolute Gasteiger partial charge is 2.00 e. The molecule has 0 unspecified atom stereocenters. The van der Waals surface area contributed by atoms with E-state index in [4.69, 9.17) is 21.4 Å². The van der Waals surface area contributed by atoms with Crippen LogP contribution < -0.4 is 14.8 Å². The van der Waals surface area contributed by atoms with Crippen molar-refractivity contribution < 1.29 is 78.1 Å². The van der Waals surface area contributed by atoms with E-state index in [1.54, 1.807) is 0 Å². The molecule has 0 fully saturated rings. The third-order valence-electron chi connectivity index (χ3n) is 0. The Labute approximate surface area is 104 Å². The van der Waals surface area contributed by atoms with Crippen LogP contribution in [0.1, 0.15) is 0 Å². The van der Waals surface area contributed by atoms with Crippen LogP contribution in [-0.2, 0) is 63.4 Å². The second kappa shape index (κ2) is 17.5. The third kappa shape index (κ3) is 158. The molecule has 0 saturated carbocycles. The van der Waals surface area contributed by atoms with Gasteiger partial charge in [0.15, 0.2) is 0 Å². The van der Waals surface area contributed by atoms with E-state index in [1.807, 2.05) is 0 Å². The molecule has 0 aliphatic heterocycles. The van der Waals surface area contributed by atoms with Crippen molar-refractivity contribution in [1.82, 2.24) is 0 Å². The molecule has 0 spiro atoms. The molecular formula is O6PbTi2Zn. The summed E-state index contributed by atoms with van der Waals surface area (Å²) in [5.41, 5.74) is 0. The standard InChI is InChI=1S/6O.Pb.2Ti.Zn/q;;4*-1;+2;;;+2. The van der Waals surface area contributed by atoms with Crippen molar-refractivity contribution in [2.45, 2.75) is 0 Å². The van der Waals surface area contributed by atoms with E-state index >= 15 is 0 Å². The topological polar surface area (TPSA) is 126 Å². The van der Waals surface area contributed by atoms with Gasteiger partial charge in [0.2, 0.25) is 0 Å². The van der Waals surface area contributed by atoms with Crippen molar-refractivity contribution in [1.29, 1.82) is 0 Å². The quantitative estimate of drug-likeness (QED) is 0.330. The van der Waals surface area contributed by atoms with E-state index in [-0.39, 0.29) is 46.8 Å². The molecule has 6 nitrogen and oxygen atoms in total. The van der Waals surface area contributed by atoms with Gasteiger partial charge in [-0.2, -0.15) is 0 Å². The Bertz CT molecular complexity index is 73.7. The zero-order valence-electron chi connectivity index (χ0n) is 4.66. The van der Waals surface area contributed by atoms with Crippen LogP contribution in [-0.4, -0.2) is 27.3 Å². The maximum Gasteiger partial charge on any atom is 2.00 e. The smallest absolute Gasteiger partial charge is 2.00 e. The Kier molecular flexibility index (Phi) is 39.9. The fraction of sp³-hybridized carbons (Fsp3) is 0. The molecule has 10 heteroatoms. The maximum absolute atomic E-state index is 8.58. The van der Waals surface area contributed by atoms with Crippen molar-refractivity contribution in [3.8, 4) is 0 Å². The summed E-state index contributed by atoms with van der Waals surface area (Å²) in [7, 11) is 0. The second-order valence-electron chi connectivity index (χ2n) is 0.500. The molecule has 0 aromatic heterocycles. The maximum atomic E-state index is 8.58. The van der Waals surface area contributed by atoms with E-state index in [0.717, 1.165) is 0 Å². The first kappa shape index (κ1) is 22.8.